The molecule has 0 aliphatic rings. The van der Waals surface area contributed by atoms with Crippen LogP contribution in [0.25, 0.3) is 0 Å². The van der Waals surface area contributed by atoms with Crippen LogP contribution < -0.4 is 0 Å². The van der Waals surface area contributed by atoms with Crippen LogP contribution in [0.2, 0.25) is 0 Å². The minimum absolute atomic E-state index is 0.204. The molecule has 2 aromatic carbocycles. The number of hydrogen-bond donors (Lipinski definition) is 0. The summed E-state index contributed by atoms with van der Waals surface area (Å²) in [5.74, 6) is -0.527. The molecule has 0 bridgehead atoms. The van der Waals surface area contributed by atoms with Crippen molar-refractivity contribution in [3.05, 3.63) is 71.8 Å². The van der Waals surface area contributed by atoms with Crippen LogP contribution in [0.1, 0.15) is 30.9 Å². The first-order valence-electron chi connectivity index (χ1n) is 6.75. The third kappa shape index (κ3) is 2.74. The maximum Gasteiger partial charge on any atom is 0.314 e. The lowest BCUT2D eigenvalue weighted by Gasteiger charge is -2.33. The van der Waals surface area contributed by atoms with Crippen molar-refractivity contribution in [3.63, 3.8) is 0 Å². The molecule has 0 aliphatic heterocycles. The van der Waals surface area contributed by atoms with E-state index in [4.69, 9.17) is 4.74 Å². The summed E-state index contributed by atoms with van der Waals surface area (Å²) < 4.78 is 5.04. The summed E-state index contributed by atoms with van der Waals surface area (Å²) in [6, 6.07) is 19.9. The summed E-state index contributed by atoms with van der Waals surface area (Å²) in [5, 5.41) is 0. The van der Waals surface area contributed by atoms with Crippen LogP contribution in [0.3, 0.4) is 0 Å². The second-order valence-corrected chi connectivity index (χ2v) is 5.45. The number of esters is 1. The van der Waals surface area contributed by atoms with Gasteiger partial charge in [-0.2, -0.15) is 0 Å². The van der Waals surface area contributed by atoms with Gasteiger partial charge in [-0.1, -0.05) is 74.5 Å². The SMILES string of the molecule is COC(=O)[C@H](c1ccccc1)C(C)(C)c1ccccc1. The average molecular weight is 268 g/mol. The zero-order valence-electron chi connectivity index (χ0n) is 12.2. The van der Waals surface area contributed by atoms with Crippen molar-refractivity contribution in [1.82, 2.24) is 0 Å². The Bertz CT molecular complexity index is 558. The molecule has 0 saturated carbocycles. The maximum atomic E-state index is 12.3. The molecular formula is C18H20O2. The van der Waals surface area contributed by atoms with Gasteiger partial charge in [0.15, 0.2) is 0 Å². The smallest absolute Gasteiger partial charge is 0.314 e. The summed E-state index contributed by atoms with van der Waals surface area (Å²) in [6.45, 7) is 4.16. The molecule has 0 aromatic heterocycles. The molecule has 104 valence electrons. The van der Waals surface area contributed by atoms with E-state index in [1.54, 1.807) is 0 Å². The Morgan fingerprint density at radius 2 is 1.45 bits per heavy atom. The highest BCUT2D eigenvalue weighted by atomic mass is 16.5. The predicted octanol–water partition coefficient (Wildman–Crippen LogP) is 3.92. The number of benzene rings is 2. The number of hydrogen-bond acceptors (Lipinski definition) is 2. The molecular weight excluding hydrogens is 248 g/mol. The zero-order valence-corrected chi connectivity index (χ0v) is 12.2. The van der Waals surface area contributed by atoms with Crippen LogP contribution in [0, 0.1) is 0 Å². The van der Waals surface area contributed by atoms with Gasteiger partial charge in [-0.25, -0.2) is 0 Å². The Morgan fingerprint density at radius 1 is 0.950 bits per heavy atom. The monoisotopic (exact) mass is 268 g/mol. The average Bonchev–Trinajstić information content (AvgIpc) is 2.49. The van der Waals surface area contributed by atoms with E-state index < -0.39 is 0 Å². The highest BCUT2D eigenvalue weighted by Gasteiger charge is 2.38. The third-order valence-corrected chi connectivity index (χ3v) is 3.81. The quantitative estimate of drug-likeness (QED) is 0.786. The van der Waals surface area contributed by atoms with Crippen molar-refractivity contribution < 1.29 is 9.53 Å². The molecule has 0 unspecified atom stereocenters. The van der Waals surface area contributed by atoms with Crippen LogP contribution in [0.15, 0.2) is 60.7 Å². The van der Waals surface area contributed by atoms with Crippen LogP contribution in [-0.4, -0.2) is 13.1 Å². The summed E-state index contributed by atoms with van der Waals surface area (Å²) in [6.07, 6.45) is 0. The van der Waals surface area contributed by atoms with Crippen molar-refractivity contribution in [2.75, 3.05) is 7.11 Å². The fourth-order valence-corrected chi connectivity index (χ4v) is 2.65. The zero-order chi connectivity index (χ0) is 14.6. The van der Waals surface area contributed by atoms with E-state index in [0.717, 1.165) is 11.1 Å². The standard InChI is InChI=1S/C18H20O2/c1-18(2,15-12-8-5-9-13-15)16(17(19)20-3)14-10-6-4-7-11-14/h4-13,16H,1-3H3/t16-/m0/s1. The van der Waals surface area contributed by atoms with Crippen LogP contribution in [-0.2, 0) is 14.9 Å². The molecule has 0 spiro atoms. The molecule has 20 heavy (non-hydrogen) atoms. The summed E-state index contributed by atoms with van der Waals surface area (Å²) in [5.41, 5.74) is 1.77. The maximum absolute atomic E-state index is 12.3. The second kappa shape index (κ2) is 5.91. The molecule has 2 aromatic rings. The number of methoxy groups -OCH3 is 1. The van der Waals surface area contributed by atoms with E-state index in [1.165, 1.54) is 7.11 Å². The van der Waals surface area contributed by atoms with Gasteiger partial charge in [-0.3, -0.25) is 4.79 Å². The number of carbonyl (C=O) groups excluding carboxylic acids is 1. The largest absolute Gasteiger partial charge is 0.469 e. The van der Waals surface area contributed by atoms with Gasteiger partial charge in [0.1, 0.15) is 0 Å². The van der Waals surface area contributed by atoms with Gasteiger partial charge in [0.25, 0.3) is 0 Å². The fourth-order valence-electron chi connectivity index (χ4n) is 2.65. The van der Waals surface area contributed by atoms with E-state index >= 15 is 0 Å². The summed E-state index contributed by atoms with van der Waals surface area (Å²) in [7, 11) is 1.44. The van der Waals surface area contributed by atoms with Gasteiger partial charge >= 0.3 is 5.97 Å². The summed E-state index contributed by atoms with van der Waals surface area (Å²) >= 11 is 0. The normalized spacial score (nSPS) is 12.8. The highest BCUT2D eigenvalue weighted by Crippen LogP contribution is 2.39. The van der Waals surface area contributed by atoms with Crippen molar-refractivity contribution in [3.8, 4) is 0 Å². The highest BCUT2D eigenvalue weighted by molar-refractivity contribution is 5.80. The molecule has 0 saturated heterocycles. The van der Waals surface area contributed by atoms with E-state index in [2.05, 4.69) is 26.0 Å². The van der Waals surface area contributed by atoms with Gasteiger partial charge in [0.2, 0.25) is 0 Å². The summed E-state index contributed by atoms with van der Waals surface area (Å²) in [4.78, 5) is 12.3. The fraction of sp³-hybridized carbons (Fsp3) is 0.278. The van der Waals surface area contributed by atoms with Gasteiger partial charge in [-0.05, 0) is 11.1 Å². The Kier molecular flexibility index (Phi) is 4.23. The van der Waals surface area contributed by atoms with E-state index in [9.17, 15) is 4.79 Å². The van der Waals surface area contributed by atoms with Crippen LogP contribution >= 0.6 is 0 Å². The first-order chi connectivity index (χ1) is 9.57. The van der Waals surface area contributed by atoms with Crippen molar-refractivity contribution in [1.29, 1.82) is 0 Å². The van der Waals surface area contributed by atoms with E-state index in [0.29, 0.717) is 0 Å². The van der Waals surface area contributed by atoms with Gasteiger partial charge in [0.05, 0.1) is 13.0 Å². The minimum Gasteiger partial charge on any atom is -0.469 e. The molecule has 2 rings (SSSR count). The molecule has 2 heteroatoms. The van der Waals surface area contributed by atoms with E-state index in [-0.39, 0.29) is 17.3 Å². The predicted molar refractivity (Wildman–Crippen MR) is 80.7 cm³/mol. The lowest BCUT2D eigenvalue weighted by atomic mass is 9.70. The molecule has 0 aliphatic carbocycles. The first-order valence-corrected chi connectivity index (χ1v) is 6.75. The Labute approximate surface area is 120 Å². The van der Waals surface area contributed by atoms with Crippen molar-refractivity contribution >= 4 is 5.97 Å². The third-order valence-electron chi connectivity index (χ3n) is 3.81. The Balaban J connectivity index is 2.49. The molecule has 1 atom stereocenters. The molecule has 0 heterocycles. The van der Waals surface area contributed by atoms with Gasteiger partial charge < -0.3 is 4.74 Å². The Hall–Kier alpha value is -2.09. The van der Waals surface area contributed by atoms with Crippen LogP contribution in [0.4, 0.5) is 0 Å². The number of ether oxygens (including phenoxy) is 1. The molecule has 2 nitrogen and oxygen atoms in total. The molecule has 0 radical (unpaired) electrons. The van der Waals surface area contributed by atoms with E-state index in [1.807, 2.05) is 48.5 Å². The minimum atomic E-state index is -0.338. The van der Waals surface area contributed by atoms with Crippen molar-refractivity contribution in [2.45, 2.75) is 25.2 Å². The van der Waals surface area contributed by atoms with Gasteiger partial charge in [-0.15, -0.1) is 0 Å². The number of carbonyl (C=O) groups is 1. The molecule has 0 fully saturated rings. The topological polar surface area (TPSA) is 26.3 Å². The second-order valence-electron chi connectivity index (χ2n) is 5.45. The van der Waals surface area contributed by atoms with Crippen molar-refractivity contribution in [2.24, 2.45) is 0 Å². The first kappa shape index (κ1) is 14.3. The van der Waals surface area contributed by atoms with Crippen LogP contribution in [0.5, 0.6) is 0 Å². The molecule has 0 amide bonds. The van der Waals surface area contributed by atoms with Gasteiger partial charge in [0, 0.05) is 5.41 Å². The number of rotatable bonds is 4. The Morgan fingerprint density at radius 3 is 1.95 bits per heavy atom. The lowest BCUT2D eigenvalue weighted by Crippen LogP contribution is -2.33. The molecule has 0 N–H and O–H groups in total. The lowest BCUT2D eigenvalue weighted by molar-refractivity contribution is -0.144.